The van der Waals surface area contributed by atoms with Crippen LogP contribution in [0.2, 0.25) is 0 Å². The first kappa shape index (κ1) is 17.1. The maximum absolute atomic E-state index is 12.9. The summed E-state index contributed by atoms with van der Waals surface area (Å²) < 4.78 is 6.95. The standard InChI is InChI=1S/C17H15Br2N3O2/c1-8(2)13-7-11(15-9(3)22-24-17(15)21-13)16(23)20-14-6-10(18)4-5-12(14)19/h4-8H,1-3H3,(H,20,23). The number of carbonyl (C=O) groups is 1. The van der Waals surface area contributed by atoms with E-state index >= 15 is 0 Å². The lowest BCUT2D eigenvalue weighted by atomic mass is 10.0. The largest absolute Gasteiger partial charge is 0.336 e. The highest BCUT2D eigenvalue weighted by molar-refractivity contribution is 9.11. The van der Waals surface area contributed by atoms with Gasteiger partial charge in [-0.3, -0.25) is 4.79 Å². The predicted octanol–water partition coefficient (Wildman–Crippen LogP) is 5.43. The van der Waals surface area contributed by atoms with Gasteiger partial charge in [0, 0.05) is 14.6 Å². The molecule has 0 saturated heterocycles. The van der Waals surface area contributed by atoms with E-state index in [1.807, 2.05) is 32.0 Å². The fraction of sp³-hybridized carbons (Fsp3) is 0.235. The number of nitrogens with one attached hydrogen (secondary N) is 1. The Morgan fingerprint density at radius 2 is 2.00 bits per heavy atom. The van der Waals surface area contributed by atoms with Gasteiger partial charge in [-0.1, -0.05) is 34.9 Å². The third kappa shape index (κ3) is 3.23. The minimum atomic E-state index is -0.227. The van der Waals surface area contributed by atoms with Gasteiger partial charge in [-0.25, -0.2) is 4.98 Å². The highest BCUT2D eigenvalue weighted by Gasteiger charge is 2.20. The van der Waals surface area contributed by atoms with Gasteiger partial charge in [0.05, 0.1) is 22.3 Å². The summed E-state index contributed by atoms with van der Waals surface area (Å²) in [4.78, 5) is 17.3. The summed E-state index contributed by atoms with van der Waals surface area (Å²) in [7, 11) is 0. The molecule has 2 aromatic heterocycles. The molecule has 0 unspecified atom stereocenters. The van der Waals surface area contributed by atoms with Crippen molar-refractivity contribution in [3.8, 4) is 0 Å². The molecule has 124 valence electrons. The van der Waals surface area contributed by atoms with Gasteiger partial charge in [-0.2, -0.15) is 0 Å². The van der Waals surface area contributed by atoms with E-state index in [-0.39, 0.29) is 11.8 Å². The van der Waals surface area contributed by atoms with Crippen LogP contribution in [0, 0.1) is 6.92 Å². The maximum Gasteiger partial charge on any atom is 0.259 e. The predicted molar refractivity (Wildman–Crippen MR) is 100 cm³/mol. The Morgan fingerprint density at radius 3 is 2.71 bits per heavy atom. The molecule has 1 N–H and O–H groups in total. The van der Waals surface area contributed by atoms with E-state index in [1.54, 1.807) is 13.0 Å². The molecule has 0 bridgehead atoms. The van der Waals surface area contributed by atoms with Gasteiger partial charge in [-0.05, 0) is 53.0 Å². The number of hydrogen-bond acceptors (Lipinski definition) is 4. The average molecular weight is 453 g/mol. The van der Waals surface area contributed by atoms with Crippen molar-refractivity contribution in [3.63, 3.8) is 0 Å². The van der Waals surface area contributed by atoms with Gasteiger partial charge < -0.3 is 9.84 Å². The summed E-state index contributed by atoms with van der Waals surface area (Å²) in [6, 6.07) is 7.40. The lowest BCUT2D eigenvalue weighted by Crippen LogP contribution is -2.14. The molecule has 0 atom stereocenters. The van der Waals surface area contributed by atoms with Crippen LogP contribution in [0.1, 0.15) is 41.5 Å². The molecule has 3 aromatic rings. The van der Waals surface area contributed by atoms with Crippen molar-refractivity contribution in [2.75, 3.05) is 5.32 Å². The second-order valence-electron chi connectivity index (χ2n) is 5.78. The zero-order valence-corrected chi connectivity index (χ0v) is 16.5. The maximum atomic E-state index is 12.9. The van der Waals surface area contributed by atoms with Crippen LogP contribution in [0.15, 0.2) is 37.7 Å². The number of halogens is 2. The van der Waals surface area contributed by atoms with E-state index < -0.39 is 0 Å². The fourth-order valence-electron chi connectivity index (χ4n) is 2.37. The van der Waals surface area contributed by atoms with E-state index in [0.717, 1.165) is 14.6 Å². The number of aryl methyl sites for hydroxylation is 1. The molecule has 1 aromatic carbocycles. The zero-order valence-electron chi connectivity index (χ0n) is 13.4. The van der Waals surface area contributed by atoms with E-state index in [2.05, 4.69) is 47.3 Å². The highest BCUT2D eigenvalue weighted by Crippen LogP contribution is 2.29. The van der Waals surface area contributed by atoms with Crippen molar-refractivity contribution in [3.05, 3.63) is 50.2 Å². The summed E-state index contributed by atoms with van der Waals surface area (Å²) in [5, 5.41) is 7.51. The summed E-state index contributed by atoms with van der Waals surface area (Å²) >= 11 is 6.86. The Balaban J connectivity index is 2.08. The number of nitrogens with zero attached hydrogens (tertiary/aromatic N) is 2. The molecule has 0 fully saturated rings. The molecule has 5 nitrogen and oxygen atoms in total. The fourth-order valence-corrected chi connectivity index (χ4v) is 3.08. The highest BCUT2D eigenvalue weighted by atomic mass is 79.9. The SMILES string of the molecule is Cc1noc2nc(C(C)C)cc(C(=O)Nc3cc(Br)ccc3Br)c12. The van der Waals surface area contributed by atoms with Gasteiger partial charge in [-0.15, -0.1) is 0 Å². The van der Waals surface area contributed by atoms with Crippen LogP contribution < -0.4 is 5.32 Å². The van der Waals surface area contributed by atoms with Crippen LogP contribution in [-0.4, -0.2) is 16.0 Å². The number of carbonyl (C=O) groups excluding carboxylic acids is 1. The Hall–Kier alpha value is -1.73. The number of pyridine rings is 1. The molecule has 0 aliphatic heterocycles. The third-order valence-corrected chi connectivity index (χ3v) is 4.83. The number of benzene rings is 1. The summed E-state index contributed by atoms with van der Waals surface area (Å²) in [5.41, 5.74) is 3.01. The Kier molecular flexibility index (Phi) is 4.73. The summed E-state index contributed by atoms with van der Waals surface area (Å²) in [5.74, 6) is -0.0571. The van der Waals surface area contributed by atoms with Gasteiger partial charge in [0.1, 0.15) is 0 Å². The second-order valence-corrected chi connectivity index (χ2v) is 7.55. The molecular weight excluding hydrogens is 438 g/mol. The van der Waals surface area contributed by atoms with Crippen LogP contribution in [0.3, 0.4) is 0 Å². The Labute approximate surface area is 156 Å². The number of fused-ring (bicyclic) bond motifs is 1. The third-order valence-electron chi connectivity index (χ3n) is 3.65. The lowest BCUT2D eigenvalue weighted by molar-refractivity contribution is 0.102. The second kappa shape index (κ2) is 6.64. The number of anilines is 1. The minimum Gasteiger partial charge on any atom is -0.336 e. The normalized spacial score (nSPS) is 11.2. The van der Waals surface area contributed by atoms with E-state index in [0.29, 0.717) is 28.0 Å². The Bertz CT molecular complexity index is 935. The molecule has 2 heterocycles. The zero-order chi connectivity index (χ0) is 17.4. The molecular formula is C17H15Br2N3O2. The Morgan fingerprint density at radius 1 is 1.25 bits per heavy atom. The molecule has 0 aliphatic rings. The number of rotatable bonds is 3. The van der Waals surface area contributed by atoms with E-state index in [9.17, 15) is 4.79 Å². The van der Waals surface area contributed by atoms with Gasteiger partial charge in [0.2, 0.25) is 0 Å². The molecule has 24 heavy (non-hydrogen) atoms. The molecule has 1 amide bonds. The molecule has 0 radical (unpaired) electrons. The topological polar surface area (TPSA) is 68.0 Å². The molecule has 0 aliphatic carbocycles. The van der Waals surface area contributed by atoms with Gasteiger partial charge >= 0.3 is 0 Å². The smallest absolute Gasteiger partial charge is 0.259 e. The van der Waals surface area contributed by atoms with E-state index in [1.165, 1.54) is 0 Å². The first-order valence-corrected chi connectivity index (χ1v) is 8.98. The number of aromatic nitrogens is 2. The van der Waals surface area contributed by atoms with E-state index in [4.69, 9.17) is 4.52 Å². The van der Waals surface area contributed by atoms with Crippen molar-refractivity contribution >= 4 is 54.6 Å². The van der Waals surface area contributed by atoms with Crippen molar-refractivity contribution in [1.82, 2.24) is 10.1 Å². The van der Waals surface area contributed by atoms with Crippen molar-refractivity contribution < 1.29 is 9.32 Å². The molecule has 3 rings (SSSR count). The van der Waals surface area contributed by atoms with Crippen LogP contribution in [0.5, 0.6) is 0 Å². The average Bonchev–Trinajstić information content (AvgIpc) is 2.91. The first-order valence-electron chi connectivity index (χ1n) is 7.40. The van der Waals surface area contributed by atoms with Crippen LogP contribution in [0.4, 0.5) is 5.69 Å². The van der Waals surface area contributed by atoms with Crippen LogP contribution >= 0.6 is 31.9 Å². The van der Waals surface area contributed by atoms with Crippen LogP contribution in [-0.2, 0) is 0 Å². The van der Waals surface area contributed by atoms with Crippen LogP contribution in [0.25, 0.3) is 11.1 Å². The quantitative estimate of drug-likeness (QED) is 0.575. The van der Waals surface area contributed by atoms with Gasteiger partial charge in [0.25, 0.3) is 11.6 Å². The van der Waals surface area contributed by atoms with Crippen molar-refractivity contribution in [2.45, 2.75) is 26.7 Å². The number of hydrogen-bond donors (Lipinski definition) is 1. The molecule has 0 spiro atoms. The van der Waals surface area contributed by atoms with Gasteiger partial charge in [0.15, 0.2) is 0 Å². The summed E-state index contributed by atoms with van der Waals surface area (Å²) in [6.07, 6.45) is 0. The lowest BCUT2D eigenvalue weighted by Gasteiger charge is -2.11. The first-order chi connectivity index (χ1) is 11.4. The number of amides is 1. The monoisotopic (exact) mass is 451 g/mol. The summed E-state index contributed by atoms with van der Waals surface area (Å²) in [6.45, 7) is 5.84. The molecule has 0 saturated carbocycles. The van der Waals surface area contributed by atoms with Crippen molar-refractivity contribution in [2.24, 2.45) is 0 Å². The minimum absolute atomic E-state index is 0.170. The van der Waals surface area contributed by atoms with Crippen molar-refractivity contribution in [1.29, 1.82) is 0 Å². The molecule has 7 heteroatoms.